The first-order chi connectivity index (χ1) is 13.4. The number of carbonyl (C=O) groups excluding carboxylic acids is 1. The molecule has 0 radical (unpaired) electrons. The van der Waals surface area contributed by atoms with Gasteiger partial charge in [-0.2, -0.15) is 0 Å². The summed E-state index contributed by atoms with van der Waals surface area (Å²) in [6, 6.07) is 2.80. The maximum atomic E-state index is 14.6. The third-order valence-electron chi connectivity index (χ3n) is 5.78. The zero-order valence-electron chi connectivity index (χ0n) is 15.9. The van der Waals surface area contributed by atoms with Gasteiger partial charge in [-0.3, -0.25) is 4.79 Å². The standard InChI is InChI=1S/C20H23F2N3O2S/c1-11-3-4-14(21)18(19(11)22)12-7-16-15(24(2)20(28)25(16)9-12)8-17(26)23-13-5-6-27-10-13/h3-4,12-13H,5-10H2,1-2H3,(H,23,26)/t12-,13+/m0/s1. The maximum absolute atomic E-state index is 14.6. The Labute approximate surface area is 167 Å². The minimum absolute atomic E-state index is 0.0414. The van der Waals surface area contributed by atoms with E-state index < -0.39 is 11.6 Å². The molecule has 2 aliphatic rings. The number of imidazole rings is 1. The number of aryl methyl sites for hydroxylation is 1. The Morgan fingerprint density at radius 1 is 1.39 bits per heavy atom. The number of hydrogen-bond donors (Lipinski definition) is 1. The summed E-state index contributed by atoms with van der Waals surface area (Å²) in [6.07, 6.45) is 1.45. The lowest BCUT2D eigenvalue weighted by molar-refractivity contribution is -0.121. The van der Waals surface area contributed by atoms with Crippen molar-refractivity contribution in [3.63, 3.8) is 0 Å². The number of nitrogens with one attached hydrogen (secondary N) is 1. The Kier molecular flexibility index (Phi) is 5.09. The van der Waals surface area contributed by atoms with Crippen molar-refractivity contribution in [2.45, 2.75) is 44.7 Å². The van der Waals surface area contributed by atoms with Crippen LogP contribution in [0, 0.1) is 23.3 Å². The smallest absolute Gasteiger partial charge is 0.226 e. The van der Waals surface area contributed by atoms with Gasteiger partial charge in [0.05, 0.1) is 19.1 Å². The van der Waals surface area contributed by atoms with Crippen molar-refractivity contribution in [3.8, 4) is 0 Å². The SMILES string of the molecule is Cc1ccc(F)c([C@H]2Cc3c(CC(=O)N[C@@H]4CCOC4)n(C)c(=S)n3C2)c1F. The number of rotatable bonds is 4. The van der Waals surface area contributed by atoms with Crippen LogP contribution in [0.2, 0.25) is 0 Å². The van der Waals surface area contributed by atoms with Crippen LogP contribution >= 0.6 is 12.2 Å². The molecule has 5 nitrogen and oxygen atoms in total. The van der Waals surface area contributed by atoms with Crippen molar-refractivity contribution >= 4 is 18.1 Å². The third-order valence-corrected chi connectivity index (χ3v) is 6.27. The van der Waals surface area contributed by atoms with Crippen LogP contribution < -0.4 is 5.32 Å². The van der Waals surface area contributed by atoms with Gasteiger partial charge in [0, 0.05) is 43.1 Å². The number of amides is 1. The average molecular weight is 407 g/mol. The van der Waals surface area contributed by atoms with E-state index >= 15 is 0 Å². The molecular formula is C20H23F2N3O2S. The first kappa shape index (κ1) is 19.3. The number of benzene rings is 1. The second kappa shape index (κ2) is 7.40. The Balaban J connectivity index is 1.60. The lowest BCUT2D eigenvalue weighted by Crippen LogP contribution is -2.36. The predicted molar refractivity (Wildman–Crippen MR) is 103 cm³/mol. The number of carbonyl (C=O) groups is 1. The minimum Gasteiger partial charge on any atom is -0.379 e. The van der Waals surface area contributed by atoms with Gasteiger partial charge in [-0.05, 0) is 43.6 Å². The van der Waals surface area contributed by atoms with Gasteiger partial charge >= 0.3 is 0 Å². The number of hydrogen-bond acceptors (Lipinski definition) is 3. The molecule has 0 unspecified atom stereocenters. The molecule has 1 aromatic heterocycles. The molecule has 2 aromatic rings. The fourth-order valence-electron chi connectivity index (χ4n) is 4.24. The molecule has 2 atom stereocenters. The van der Waals surface area contributed by atoms with Crippen LogP contribution in [-0.4, -0.2) is 34.3 Å². The number of fused-ring (bicyclic) bond motifs is 1. The summed E-state index contributed by atoms with van der Waals surface area (Å²) < 4.78 is 38.6. The Hall–Kier alpha value is -2.06. The highest BCUT2D eigenvalue weighted by molar-refractivity contribution is 7.71. The van der Waals surface area contributed by atoms with Gasteiger partial charge in [-0.1, -0.05) is 6.07 Å². The minimum atomic E-state index is -0.533. The highest BCUT2D eigenvalue weighted by atomic mass is 32.1. The Morgan fingerprint density at radius 3 is 2.89 bits per heavy atom. The molecule has 0 aliphatic carbocycles. The fraction of sp³-hybridized carbons (Fsp3) is 0.500. The summed E-state index contributed by atoms with van der Waals surface area (Å²) in [5, 5.41) is 2.98. The zero-order chi connectivity index (χ0) is 20.0. The van der Waals surface area contributed by atoms with Gasteiger partial charge in [0.1, 0.15) is 11.6 Å². The van der Waals surface area contributed by atoms with E-state index in [4.69, 9.17) is 17.0 Å². The maximum Gasteiger partial charge on any atom is 0.226 e. The topological polar surface area (TPSA) is 48.2 Å². The van der Waals surface area contributed by atoms with Crippen LogP contribution in [0.15, 0.2) is 12.1 Å². The van der Waals surface area contributed by atoms with Crippen molar-refractivity contribution in [1.82, 2.24) is 14.5 Å². The van der Waals surface area contributed by atoms with E-state index in [2.05, 4.69) is 5.32 Å². The fourth-order valence-corrected chi connectivity index (χ4v) is 4.54. The van der Waals surface area contributed by atoms with E-state index in [-0.39, 0.29) is 29.9 Å². The Morgan fingerprint density at radius 2 is 2.18 bits per heavy atom. The second-order valence-electron chi connectivity index (χ2n) is 7.64. The van der Waals surface area contributed by atoms with Crippen LogP contribution in [0.5, 0.6) is 0 Å². The lowest BCUT2D eigenvalue weighted by atomic mass is 9.93. The highest BCUT2D eigenvalue weighted by Gasteiger charge is 2.33. The molecule has 150 valence electrons. The largest absolute Gasteiger partial charge is 0.379 e. The number of halogens is 2. The normalized spacial score (nSPS) is 21.1. The molecule has 28 heavy (non-hydrogen) atoms. The van der Waals surface area contributed by atoms with E-state index in [1.807, 2.05) is 16.2 Å². The monoisotopic (exact) mass is 407 g/mol. The van der Waals surface area contributed by atoms with Crippen LogP contribution in [0.4, 0.5) is 8.78 Å². The molecule has 1 fully saturated rings. The van der Waals surface area contributed by atoms with E-state index in [1.165, 1.54) is 12.1 Å². The van der Waals surface area contributed by atoms with Crippen LogP contribution in [0.25, 0.3) is 0 Å². The summed E-state index contributed by atoms with van der Waals surface area (Å²) >= 11 is 5.52. The molecular weight excluding hydrogens is 384 g/mol. The second-order valence-corrected chi connectivity index (χ2v) is 8.01. The molecule has 0 spiro atoms. The quantitative estimate of drug-likeness (QED) is 0.793. The summed E-state index contributed by atoms with van der Waals surface area (Å²) in [5.74, 6) is -1.45. The van der Waals surface area contributed by atoms with Crippen molar-refractivity contribution in [1.29, 1.82) is 0 Å². The van der Waals surface area contributed by atoms with E-state index in [1.54, 1.807) is 6.92 Å². The summed E-state index contributed by atoms with van der Waals surface area (Å²) in [6.45, 7) is 3.24. The summed E-state index contributed by atoms with van der Waals surface area (Å²) in [7, 11) is 1.83. The predicted octanol–water partition coefficient (Wildman–Crippen LogP) is 2.93. The molecule has 1 aromatic carbocycles. The van der Waals surface area contributed by atoms with E-state index in [9.17, 15) is 13.6 Å². The average Bonchev–Trinajstić information content (AvgIpc) is 3.35. The van der Waals surface area contributed by atoms with Gasteiger partial charge < -0.3 is 19.2 Å². The first-order valence-electron chi connectivity index (χ1n) is 9.45. The van der Waals surface area contributed by atoms with E-state index in [0.29, 0.717) is 36.5 Å². The number of aromatic nitrogens is 2. The molecule has 0 bridgehead atoms. The number of nitrogens with zero attached hydrogens (tertiary/aromatic N) is 2. The number of ether oxygens (including phenoxy) is 1. The van der Waals surface area contributed by atoms with Crippen LogP contribution in [0.3, 0.4) is 0 Å². The molecule has 3 heterocycles. The van der Waals surface area contributed by atoms with Crippen molar-refractivity contribution in [3.05, 3.63) is 51.1 Å². The van der Waals surface area contributed by atoms with Crippen molar-refractivity contribution < 1.29 is 18.3 Å². The van der Waals surface area contributed by atoms with Crippen LogP contribution in [-0.2, 0) is 36.0 Å². The summed E-state index contributed by atoms with van der Waals surface area (Å²) in [5.41, 5.74) is 2.22. The molecule has 1 N–H and O–H groups in total. The molecule has 1 amide bonds. The van der Waals surface area contributed by atoms with Crippen molar-refractivity contribution in [2.75, 3.05) is 13.2 Å². The van der Waals surface area contributed by atoms with Gasteiger partial charge in [-0.15, -0.1) is 0 Å². The molecule has 8 heteroatoms. The van der Waals surface area contributed by atoms with E-state index in [0.717, 1.165) is 17.8 Å². The zero-order valence-corrected chi connectivity index (χ0v) is 16.7. The molecule has 0 saturated carbocycles. The molecule has 4 rings (SSSR count). The van der Waals surface area contributed by atoms with Crippen molar-refractivity contribution in [2.24, 2.45) is 7.05 Å². The van der Waals surface area contributed by atoms with Gasteiger partial charge in [0.15, 0.2) is 4.77 Å². The Bertz CT molecular complexity index is 992. The van der Waals surface area contributed by atoms with Gasteiger partial charge in [0.25, 0.3) is 0 Å². The third kappa shape index (κ3) is 3.28. The van der Waals surface area contributed by atoms with Gasteiger partial charge in [-0.25, -0.2) is 8.78 Å². The molecule has 2 aliphatic heterocycles. The molecule has 1 saturated heterocycles. The highest BCUT2D eigenvalue weighted by Crippen LogP contribution is 2.36. The van der Waals surface area contributed by atoms with Crippen LogP contribution in [0.1, 0.15) is 34.9 Å². The summed E-state index contributed by atoms with van der Waals surface area (Å²) in [4.78, 5) is 12.5. The first-order valence-corrected chi connectivity index (χ1v) is 9.86. The van der Waals surface area contributed by atoms with Gasteiger partial charge in [0.2, 0.25) is 5.91 Å². The lowest BCUT2D eigenvalue weighted by Gasteiger charge is -2.15.